The molecule has 0 aromatic heterocycles. The third-order valence-corrected chi connectivity index (χ3v) is 3.61. The summed E-state index contributed by atoms with van der Waals surface area (Å²) in [5.41, 5.74) is 0.668. The van der Waals surface area contributed by atoms with Crippen LogP contribution in [0, 0.1) is 22.0 Å². The molecule has 2 atom stereocenters. The van der Waals surface area contributed by atoms with Gasteiger partial charge in [0, 0.05) is 37.3 Å². The van der Waals surface area contributed by atoms with Crippen molar-refractivity contribution in [3.05, 3.63) is 33.9 Å². The fraction of sp³-hybridized carbons (Fsp3) is 0.571. The van der Waals surface area contributed by atoms with E-state index in [0.29, 0.717) is 23.9 Å². The number of nitro benzene ring substituents is 1. The summed E-state index contributed by atoms with van der Waals surface area (Å²) in [7, 11) is 0. The largest absolute Gasteiger partial charge is 0.508 e. The Morgan fingerprint density at radius 1 is 1.37 bits per heavy atom. The van der Waals surface area contributed by atoms with Crippen LogP contribution in [0.1, 0.15) is 25.8 Å². The molecule has 1 heterocycles. The van der Waals surface area contributed by atoms with E-state index in [0.717, 1.165) is 13.1 Å². The van der Waals surface area contributed by atoms with E-state index in [9.17, 15) is 15.2 Å². The van der Waals surface area contributed by atoms with Gasteiger partial charge in [0.25, 0.3) is 5.69 Å². The molecule has 104 valence electrons. The van der Waals surface area contributed by atoms with Crippen molar-refractivity contribution < 1.29 is 10.0 Å². The molecule has 0 amide bonds. The summed E-state index contributed by atoms with van der Waals surface area (Å²) in [5, 5.41) is 20.6. The van der Waals surface area contributed by atoms with Crippen LogP contribution in [0.5, 0.6) is 5.75 Å². The van der Waals surface area contributed by atoms with Crippen molar-refractivity contribution in [1.82, 2.24) is 4.90 Å². The highest BCUT2D eigenvalue weighted by Gasteiger charge is 2.23. The maximum Gasteiger partial charge on any atom is 0.270 e. The standard InChI is InChI=1S/C14H20N2O3/c1-10-5-11(2)8-15(7-10)9-12-6-13(16(18)19)3-4-14(12)17/h3-4,6,10-11,17H,5,7-9H2,1-2H3/t10-,11+. The fourth-order valence-electron chi connectivity index (χ4n) is 2.97. The lowest BCUT2D eigenvalue weighted by Gasteiger charge is -2.35. The molecule has 2 rings (SSSR count). The molecule has 1 aliphatic heterocycles. The summed E-state index contributed by atoms with van der Waals surface area (Å²) in [6.45, 7) is 6.97. The smallest absolute Gasteiger partial charge is 0.270 e. The predicted molar refractivity (Wildman–Crippen MR) is 73.0 cm³/mol. The zero-order valence-corrected chi connectivity index (χ0v) is 11.4. The highest BCUT2D eigenvalue weighted by molar-refractivity contribution is 5.42. The van der Waals surface area contributed by atoms with Gasteiger partial charge in [0.15, 0.2) is 0 Å². The van der Waals surface area contributed by atoms with Crippen molar-refractivity contribution in [1.29, 1.82) is 0 Å². The second kappa shape index (κ2) is 5.57. The Hall–Kier alpha value is -1.62. The molecule has 1 fully saturated rings. The van der Waals surface area contributed by atoms with Crippen molar-refractivity contribution in [2.75, 3.05) is 13.1 Å². The molecular weight excluding hydrogens is 244 g/mol. The monoisotopic (exact) mass is 264 g/mol. The van der Waals surface area contributed by atoms with E-state index < -0.39 is 4.92 Å². The third kappa shape index (κ3) is 3.44. The molecule has 0 bridgehead atoms. The first-order valence-corrected chi connectivity index (χ1v) is 6.64. The van der Waals surface area contributed by atoms with Crippen LogP contribution in [-0.4, -0.2) is 28.0 Å². The molecule has 0 radical (unpaired) electrons. The molecule has 19 heavy (non-hydrogen) atoms. The lowest BCUT2D eigenvalue weighted by molar-refractivity contribution is -0.385. The number of rotatable bonds is 3. The van der Waals surface area contributed by atoms with E-state index in [1.807, 2.05) is 0 Å². The molecule has 0 aliphatic carbocycles. The van der Waals surface area contributed by atoms with E-state index in [1.165, 1.54) is 24.6 Å². The average Bonchev–Trinajstić information content (AvgIpc) is 2.30. The lowest BCUT2D eigenvalue weighted by atomic mass is 9.91. The van der Waals surface area contributed by atoms with Crippen molar-refractivity contribution in [3.8, 4) is 5.75 Å². The van der Waals surface area contributed by atoms with Crippen LogP contribution in [0.15, 0.2) is 18.2 Å². The molecule has 0 saturated carbocycles. The first kappa shape index (κ1) is 13.8. The molecule has 1 saturated heterocycles. The van der Waals surface area contributed by atoms with Crippen LogP contribution < -0.4 is 0 Å². The number of nitro groups is 1. The first-order valence-electron chi connectivity index (χ1n) is 6.64. The maximum atomic E-state index is 10.8. The van der Waals surface area contributed by atoms with Crippen LogP contribution in [0.3, 0.4) is 0 Å². The van der Waals surface area contributed by atoms with Gasteiger partial charge in [-0.05, 0) is 24.3 Å². The third-order valence-electron chi connectivity index (χ3n) is 3.61. The predicted octanol–water partition coefficient (Wildman–Crippen LogP) is 2.78. The van der Waals surface area contributed by atoms with Crippen LogP contribution in [-0.2, 0) is 6.54 Å². The summed E-state index contributed by atoms with van der Waals surface area (Å²) in [5.74, 6) is 1.39. The Morgan fingerprint density at radius 2 is 2.00 bits per heavy atom. The van der Waals surface area contributed by atoms with Gasteiger partial charge in [-0.15, -0.1) is 0 Å². The number of likely N-dealkylation sites (tertiary alicyclic amines) is 1. The minimum absolute atomic E-state index is 0.0332. The van der Waals surface area contributed by atoms with Crippen LogP contribution in [0.25, 0.3) is 0 Å². The van der Waals surface area contributed by atoms with Crippen LogP contribution >= 0.6 is 0 Å². The summed E-state index contributed by atoms with van der Waals surface area (Å²) in [6.07, 6.45) is 1.22. The van der Waals surface area contributed by atoms with Gasteiger partial charge < -0.3 is 5.11 Å². The van der Waals surface area contributed by atoms with Crippen molar-refractivity contribution in [3.63, 3.8) is 0 Å². The highest BCUT2D eigenvalue weighted by atomic mass is 16.6. The molecule has 1 N–H and O–H groups in total. The number of benzene rings is 1. The van der Waals surface area contributed by atoms with Gasteiger partial charge >= 0.3 is 0 Å². The molecule has 0 unspecified atom stereocenters. The summed E-state index contributed by atoms with van der Waals surface area (Å²) in [6, 6.07) is 4.21. The van der Waals surface area contributed by atoms with Crippen molar-refractivity contribution in [2.45, 2.75) is 26.8 Å². The second-order valence-corrected chi connectivity index (χ2v) is 5.71. The zero-order valence-electron chi connectivity index (χ0n) is 11.4. The Bertz CT molecular complexity index is 466. The van der Waals surface area contributed by atoms with E-state index >= 15 is 0 Å². The maximum absolute atomic E-state index is 10.8. The quantitative estimate of drug-likeness (QED) is 0.673. The molecule has 5 nitrogen and oxygen atoms in total. The average molecular weight is 264 g/mol. The molecular formula is C14H20N2O3. The minimum Gasteiger partial charge on any atom is -0.508 e. The second-order valence-electron chi connectivity index (χ2n) is 5.71. The van der Waals surface area contributed by atoms with Gasteiger partial charge in [0.05, 0.1) is 4.92 Å². The van der Waals surface area contributed by atoms with Crippen LogP contribution in [0.4, 0.5) is 5.69 Å². The molecule has 0 spiro atoms. The number of aromatic hydroxyl groups is 1. The molecule has 5 heteroatoms. The summed E-state index contributed by atoms with van der Waals surface area (Å²) < 4.78 is 0. The van der Waals surface area contributed by atoms with Gasteiger partial charge in [0.2, 0.25) is 0 Å². The Morgan fingerprint density at radius 3 is 2.58 bits per heavy atom. The number of hydrogen-bond donors (Lipinski definition) is 1. The Balaban J connectivity index is 2.13. The molecule has 1 aromatic rings. The minimum atomic E-state index is -0.426. The number of piperidine rings is 1. The van der Waals surface area contributed by atoms with Gasteiger partial charge in [0.1, 0.15) is 5.75 Å². The van der Waals surface area contributed by atoms with Crippen LogP contribution in [0.2, 0.25) is 0 Å². The molecule has 1 aromatic carbocycles. The normalized spacial score (nSPS) is 24.3. The van der Waals surface area contributed by atoms with E-state index in [2.05, 4.69) is 18.7 Å². The number of nitrogens with zero attached hydrogens (tertiary/aromatic N) is 2. The number of phenols is 1. The van der Waals surface area contributed by atoms with E-state index in [4.69, 9.17) is 0 Å². The van der Waals surface area contributed by atoms with Gasteiger partial charge in [-0.25, -0.2) is 0 Å². The highest BCUT2D eigenvalue weighted by Crippen LogP contribution is 2.27. The van der Waals surface area contributed by atoms with Crippen molar-refractivity contribution >= 4 is 5.69 Å². The van der Waals surface area contributed by atoms with E-state index in [-0.39, 0.29) is 11.4 Å². The van der Waals surface area contributed by atoms with Gasteiger partial charge in [-0.1, -0.05) is 13.8 Å². The number of non-ortho nitro benzene ring substituents is 1. The SMILES string of the molecule is C[C@@H]1C[C@H](C)CN(Cc2cc([N+](=O)[O-])ccc2O)C1. The van der Waals surface area contributed by atoms with Gasteiger partial charge in [-0.3, -0.25) is 15.0 Å². The lowest BCUT2D eigenvalue weighted by Crippen LogP contribution is -2.38. The number of hydrogen-bond acceptors (Lipinski definition) is 4. The van der Waals surface area contributed by atoms with Crippen molar-refractivity contribution in [2.24, 2.45) is 11.8 Å². The van der Waals surface area contributed by atoms with Gasteiger partial charge in [-0.2, -0.15) is 0 Å². The fourth-order valence-corrected chi connectivity index (χ4v) is 2.97. The Kier molecular flexibility index (Phi) is 4.04. The first-order chi connectivity index (χ1) is 8.95. The topological polar surface area (TPSA) is 66.6 Å². The Labute approximate surface area is 113 Å². The van der Waals surface area contributed by atoms with E-state index in [1.54, 1.807) is 0 Å². The summed E-state index contributed by atoms with van der Waals surface area (Å²) >= 11 is 0. The zero-order chi connectivity index (χ0) is 14.0. The summed E-state index contributed by atoms with van der Waals surface area (Å²) in [4.78, 5) is 12.6. The molecule has 1 aliphatic rings. The number of phenolic OH excluding ortho intramolecular Hbond substituents is 1.